The standard InChI is InChI=1S/C25H33ClFN3O2/c1-16(28-24(32)25-12-17-9-18(13-25)11-19(10-17)14-25)23(31)30-7-5-29(6-8-30)15-20-21(26)3-2-4-22(20)27/h2-4,16-19H,5-15H2,1H3,(H,28,32)/t16-,17?,18?,19?,25?/m1/s1. The molecule has 1 aliphatic heterocycles. The predicted molar refractivity (Wildman–Crippen MR) is 121 cm³/mol. The van der Waals surface area contributed by atoms with Gasteiger partial charge >= 0.3 is 0 Å². The van der Waals surface area contributed by atoms with Gasteiger partial charge in [0.15, 0.2) is 0 Å². The van der Waals surface area contributed by atoms with Crippen LogP contribution in [0.4, 0.5) is 4.39 Å². The number of halogens is 2. The zero-order valence-electron chi connectivity index (χ0n) is 18.8. The first kappa shape index (κ1) is 22.1. The molecule has 6 rings (SSSR count). The highest BCUT2D eigenvalue weighted by Crippen LogP contribution is 2.60. The van der Waals surface area contributed by atoms with Crippen molar-refractivity contribution < 1.29 is 14.0 Å². The minimum atomic E-state index is -0.511. The normalized spacial score (nSPS) is 32.7. The molecule has 5 fully saturated rings. The Morgan fingerprint density at radius 1 is 1.09 bits per heavy atom. The molecule has 1 aromatic rings. The molecule has 1 aromatic carbocycles. The molecule has 7 heteroatoms. The Kier molecular flexibility index (Phi) is 5.95. The summed E-state index contributed by atoms with van der Waals surface area (Å²) in [6.45, 7) is 4.71. The van der Waals surface area contributed by atoms with Crippen LogP contribution in [0.3, 0.4) is 0 Å². The molecule has 5 aliphatic rings. The number of carbonyl (C=O) groups excluding carboxylic acids is 2. The topological polar surface area (TPSA) is 52.7 Å². The number of piperazine rings is 1. The number of hydrogen-bond donors (Lipinski definition) is 1. The summed E-state index contributed by atoms with van der Waals surface area (Å²) in [7, 11) is 0. The van der Waals surface area contributed by atoms with Gasteiger partial charge in [-0.3, -0.25) is 14.5 Å². The summed E-state index contributed by atoms with van der Waals surface area (Å²) in [6.07, 6.45) is 6.89. The average molecular weight is 462 g/mol. The molecule has 4 bridgehead atoms. The molecule has 5 nitrogen and oxygen atoms in total. The minimum Gasteiger partial charge on any atom is -0.344 e. The molecule has 0 radical (unpaired) electrons. The quantitative estimate of drug-likeness (QED) is 0.724. The van der Waals surface area contributed by atoms with Crippen LogP contribution in [0, 0.1) is 29.0 Å². The van der Waals surface area contributed by atoms with Crippen LogP contribution < -0.4 is 5.32 Å². The van der Waals surface area contributed by atoms with E-state index >= 15 is 0 Å². The lowest BCUT2D eigenvalue weighted by Gasteiger charge is -2.55. The van der Waals surface area contributed by atoms with Crippen molar-refractivity contribution in [2.45, 2.75) is 58.0 Å². The molecule has 174 valence electrons. The fourth-order valence-electron chi connectivity index (χ4n) is 7.11. The van der Waals surface area contributed by atoms with Crippen LogP contribution in [0.15, 0.2) is 18.2 Å². The molecule has 1 heterocycles. The van der Waals surface area contributed by atoms with Crippen LogP contribution in [0.25, 0.3) is 0 Å². The van der Waals surface area contributed by atoms with Gasteiger partial charge in [0.05, 0.1) is 0 Å². The monoisotopic (exact) mass is 461 g/mol. The number of nitrogens with zero attached hydrogens (tertiary/aromatic N) is 2. The Labute approximate surface area is 194 Å². The van der Waals surface area contributed by atoms with E-state index in [0.29, 0.717) is 61.1 Å². The zero-order valence-corrected chi connectivity index (χ0v) is 19.5. The van der Waals surface area contributed by atoms with Crippen molar-refractivity contribution in [3.63, 3.8) is 0 Å². The van der Waals surface area contributed by atoms with E-state index in [1.54, 1.807) is 12.1 Å². The molecule has 1 N–H and O–H groups in total. The van der Waals surface area contributed by atoms with Crippen LogP contribution in [0.1, 0.15) is 51.0 Å². The maximum Gasteiger partial charge on any atom is 0.244 e. The smallest absolute Gasteiger partial charge is 0.244 e. The van der Waals surface area contributed by atoms with Crippen molar-refractivity contribution in [3.8, 4) is 0 Å². The summed E-state index contributed by atoms with van der Waals surface area (Å²) in [6, 6.07) is 4.22. The van der Waals surface area contributed by atoms with Crippen LogP contribution in [-0.4, -0.2) is 53.8 Å². The third-order valence-corrected chi connectivity index (χ3v) is 8.72. The summed E-state index contributed by atoms with van der Waals surface area (Å²) in [4.78, 5) is 30.3. The molecule has 32 heavy (non-hydrogen) atoms. The van der Waals surface area contributed by atoms with E-state index in [1.807, 2.05) is 11.8 Å². The van der Waals surface area contributed by atoms with E-state index in [9.17, 15) is 14.0 Å². The zero-order chi connectivity index (χ0) is 22.5. The summed E-state index contributed by atoms with van der Waals surface area (Å²) < 4.78 is 14.1. The first-order valence-electron chi connectivity index (χ1n) is 12.1. The van der Waals surface area contributed by atoms with Crippen molar-refractivity contribution in [2.75, 3.05) is 26.2 Å². The Morgan fingerprint density at radius 2 is 1.69 bits per heavy atom. The van der Waals surface area contributed by atoms with Gasteiger partial charge in [-0.2, -0.15) is 0 Å². The Balaban J connectivity index is 1.14. The second-order valence-corrected chi connectivity index (χ2v) is 11.1. The third kappa shape index (κ3) is 4.16. The highest BCUT2D eigenvalue weighted by atomic mass is 35.5. The van der Waals surface area contributed by atoms with Gasteiger partial charge in [0.1, 0.15) is 11.9 Å². The lowest BCUT2D eigenvalue weighted by Crippen LogP contribution is -2.58. The molecule has 0 unspecified atom stereocenters. The van der Waals surface area contributed by atoms with Gasteiger partial charge in [0.2, 0.25) is 11.8 Å². The maximum absolute atomic E-state index is 14.1. The summed E-state index contributed by atoms with van der Waals surface area (Å²) in [5.41, 5.74) is 0.270. The molecular weight excluding hydrogens is 429 g/mol. The van der Waals surface area contributed by atoms with Crippen LogP contribution in [0.2, 0.25) is 5.02 Å². The summed E-state index contributed by atoms with van der Waals surface area (Å²) >= 11 is 6.16. The lowest BCUT2D eigenvalue weighted by molar-refractivity contribution is -0.150. The molecule has 0 spiro atoms. The third-order valence-electron chi connectivity index (χ3n) is 8.37. The van der Waals surface area contributed by atoms with Crippen LogP contribution in [0.5, 0.6) is 0 Å². The molecule has 4 aliphatic carbocycles. The lowest BCUT2D eigenvalue weighted by atomic mass is 9.49. The fourth-order valence-corrected chi connectivity index (χ4v) is 7.33. The van der Waals surface area contributed by atoms with Crippen molar-refractivity contribution in [1.82, 2.24) is 15.1 Å². The first-order chi connectivity index (χ1) is 15.3. The minimum absolute atomic E-state index is 0.0216. The second-order valence-electron chi connectivity index (χ2n) is 10.7. The molecule has 1 atom stereocenters. The van der Waals surface area contributed by atoms with Gasteiger partial charge in [0, 0.05) is 48.7 Å². The first-order valence-corrected chi connectivity index (χ1v) is 12.5. The van der Waals surface area contributed by atoms with Gasteiger partial charge in [-0.25, -0.2) is 4.39 Å². The van der Waals surface area contributed by atoms with Crippen molar-refractivity contribution >= 4 is 23.4 Å². The largest absolute Gasteiger partial charge is 0.344 e. The van der Waals surface area contributed by atoms with Gasteiger partial charge in [-0.1, -0.05) is 17.7 Å². The van der Waals surface area contributed by atoms with Crippen LogP contribution in [-0.2, 0) is 16.1 Å². The Morgan fingerprint density at radius 3 is 2.25 bits per heavy atom. The SMILES string of the molecule is C[C@@H](NC(=O)C12CC3CC(CC(C3)C1)C2)C(=O)N1CCN(Cc2c(F)cccc2Cl)CC1. The summed E-state index contributed by atoms with van der Waals surface area (Å²) in [5, 5.41) is 3.52. The number of carbonyl (C=O) groups is 2. The number of nitrogens with one attached hydrogen (secondary N) is 1. The van der Waals surface area contributed by atoms with E-state index in [4.69, 9.17) is 11.6 Å². The van der Waals surface area contributed by atoms with E-state index in [-0.39, 0.29) is 23.0 Å². The average Bonchev–Trinajstić information content (AvgIpc) is 2.75. The van der Waals surface area contributed by atoms with Crippen LogP contribution >= 0.6 is 11.6 Å². The Bertz CT molecular complexity index is 844. The van der Waals surface area contributed by atoms with E-state index in [1.165, 1.54) is 25.3 Å². The fraction of sp³-hybridized carbons (Fsp3) is 0.680. The Hall–Kier alpha value is -1.66. The van der Waals surface area contributed by atoms with Crippen molar-refractivity contribution in [2.24, 2.45) is 23.2 Å². The summed E-state index contributed by atoms with van der Waals surface area (Å²) in [5.74, 6) is 1.89. The molecule has 4 saturated carbocycles. The van der Waals surface area contributed by atoms with Crippen molar-refractivity contribution in [1.29, 1.82) is 0 Å². The number of benzene rings is 1. The highest BCUT2D eigenvalue weighted by molar-refractivity contribution is 6.31. The van der Waals surface area contributed by atoms with Gasteiger partial charge in [-0.15, -0.1) is 0 Å². The molecule has 2 amide bonds. The number of amides is 2. The number of hydrogen-bond acceptors (Lipinski definition) is 3. The second kappa shape index (κ2) is 8.60. The van der Waals surface area contributed by atoms with Gasteiger partial charge in [-0.05, 0) is 75.3 Å². The number of rotatable bonds is 5. The van der Waals surface area contributed by atoms with Crippen molar-refractivity contribution in [3.05, 3.63) is 34.6 Å². The van der Waals surface area contributed by atoms with Gasteiger partial charge in [0.25, 0.3) is 0 Å². The highest BCUT2D eigenvalue weighted by Gasteiger charge is 2.54. The van der Waals surface area contributed by atoms with E-state index in [0.717, 1.165) is 19.3 Å². The van der Waals surface area contributed by atoms with E-state index in [2.05, 4.69) is 10.2 Å². The van der Waals surface area contributed by atoms with Gasteiger partial charge < -0.3 is 10.2 Å². The predicted octanol–water partition coefficient (Wildman–Crippen LogP) is 3.84. The molecule has 0 aromatic heterocycles. The maximum atomic E-state index is 14.1. The van der Waals surface area contributed by atoms with E-state index < -0.39 is 6.04 Å². The molecular formula is C25H33ClFN3O2. The molecule has 1 saturated heterocycles.